The highest BCUT2D eigenvalue weighted by Crippen LogP contribution is 2.42. The van der Waals surface area contributed by atoms with E-state index in [0.29, 0.717) is 30.7 Å². The molecule has 8 heteroatoms. The molecule has 132 valence electrons. The molecule has 1 atom stereocenters. The van der Waals surface area contributed by atoms with E-state index in [1.54, 1.807) is 4.57 Å². The molecule has 0 aliphatic carbocycles. The third-order valence-corrected chi connectivity index (χ3v) is 5.16. The van der Waals surface area contributed by atoms with E-state index in [1.807, 2.05) is 11.8 Å². The molecule has 2 aromatic rings. The number of nitrogen functional groups attached to an aromatic ring is 1. The van der Waals surface area contributed by atoms with E-state index in [-0.39, 0.29) is 22.7 Å². The number of benzene rings is 1. The maximum absolute atomic E-state index is 15.1. The lowest BCUT2D eigenvalue weighted by Gasteiger charge is -2.31. The number of nitrogens with one attached hydrogen (secondary N) is 1. The quantitative estimate of drug-likeness (QED) is 0.700. The van der Waals surface area contributed by atoms with Gasteiger partial charge in [0, 0.05) is 44.0 Å². The van der Waals surface area contributed by atoms with Gasteiger partial charge in [-0.15, -0.1) is 0 Å². The molecule has 1 aromatic carbocycles. The van der Waals surface area contributed by atoms with Crippen molar-refractivity contribution in [1.29, 1.82) is 0 Å². The van der Waals surface area contributed by atoms with Gasteiger partial charge in [-0.25, -0.2) is 9.18 Å². The fourth-order valence-electron chi connectivity index (χ4n) is 3.98. The number of carbonyl (C=O) groups is 1. The van der Waals surface area contributed by atoms with E-state index in [4.69, 9.17) is 5.73 Å². The van der Waals surface area contributed by atoms with Crippen molar-refractivity contribution in [2.75, 3.05) is 36.8 Å². The summed E-state index contributed by atoms with van der Waals surface area (Å²) in [5, 5.41) is 12.5. The fourth-order valence-corrected chi connectivity index (χ4v) is 3.98. The number of anilines is 2. The lowest BCUT2D eigenvalue weighted by Crippen LogP contribution is -2.44. The number of halogens is 1. The number of carboxylic acids is 1. The van der Waals surface area contributed by atoms with Crippen molar-refractivity contribution in [2.45, 2.75) is 19.4 Å². The van der Waals surface area contributed by atoms with Crippen LogP contribution in [0.25, 0.3) is 10.9 Å². The summed E-state index contributed by atoms with van der Waals surface area (Å²) in [7, 11) is 0. The minimum atomic E-state index is -1.33. The number of hydrogen-bond acceptors (Lipinski definition) is 5. The van der Waals surface area contributed by atoms with Crippen LogP contribution in [-0.2, 0) is 6.42 Å². The number of nitrogens with two attached hydrogens (primary N) is 1. The number of aromatic carboxylic acids is 1. The molecule has 0 spiro atoms. The maximum Gasteiger partial charge on any atom is 0.341 e. The molecular formula is C17H19FN4O3. The van der Waals surface area contributed by atoms with E-state index < -0.39 is 17.2 Å². The van der Waals surface area contributed by atoms with Gasteiger partial charge >= 0.3 is 5.97 Å². The molecule has 0 amide bonds. The zero-order valence-corrected chi connectivity index (χ0v) is 13.8. The van der Waals surface area contributed by atoms with E-state index in [2.05, 4.69) is 5.32 Å². The summed E-state index contributed by atoms with van der Waals surface area (Å²) in [4.78, 5) is 26.0. The van der Waals surface area contributed by atoms with Crippen LogP contribution in [0.3, 0.4) is 0 Å². The Bertz CT molecular complexity index is 963. The minimum Gasteiger partial charge on any atom is -0.477 e. The molecule has 1 unspecified atom stereocenters. The van der Waals surface area contributed by atoms with Gasteiger partial charge in [0.25, 0.3) is 0 Å². The first-order chi connectivity index (χ1) is 11.9. The first-order valence-electron chi connectivity index (χ1n) is 8.29. The van der Waals surface area contributed by atoms with Crippen molar-refractivity contribution >= 4 is 28.2 Å². The van der Waals surface area contributed by atoms with Gasteiger partial charge in [0.05, 0.1) is 22.3 Å². The van der Waals surface area contributed by atoms with Crippen LogP contribution in [0.1, 0.15) is 28.9 Å². The third-order valence-electron chi connectivity index (χ3n) is 5.16. The molecule has 1 aromatic heterocycles. The molecule has 1 fully saturated rings. The minimum absolute atomic E-state index is 0.0179. The molecule has 2 aliphatic rings. The van der Waals surface area contributed by atoms with Gasteiger partial charge < -0.3 is 25.6 Å². The highest BCUT2D eigenvalue weighted by atomic mass is 19.1. The van der Waals surface area contributed by atoms with Gasteiger partial charge in [-0.05, 0) is 13.3 Å². The van der Waals surface area contributed by atoms with Crippen molar-refractivity contribution in [2.24, 2.45) is 0 Å². The first-order valence-corrected chi connectivity index (χ1v) is 8.29. The fraction of sp³-hybridized carbons (Fsp3) is 0.412. The van der Waals surface area contributed by atoms with Crippen LogP contribution in [0.2, 0.25) is 0 Å². The summed E-state index contributed by atoms with van der Waals surface area (Å²) in [6, 6.07) is -0.0703. The second-order valence-electron chi connectivity index (χ2n) is 6.65. The number of aromatic nitrogens is 1. The van der Waals surface area contributed by atoms with E-state index in [1.165, 1.54) is 6.20 Å². The Balaban J connectivity index is 2.10. The highest BCUT2D eigenvalue weighted by Gasteiger charge is 2.33. The van der Waals surface area contributed by atoms with Gasteiger partial charge in [-0.3, -0.25) is 4.79 Å². The van der Waals surface area contributed by atoms with Crippen LogP contribution in [0.4, 0.5) is 15.8 Å². The Kier molecular flexibility index (Phi) is 3.47. The van der Waals surface area contributed by atoms with Crippen LogP contribution < -0.4 is 21.4 Å². The smallest absolute Gasteiger partial charge is 0.341 e. The van der Waals surface area contributed by atoms with Gasteiger partial charge in [-0.2, -0.15) is 0 Å². The van der Waals surface area contributed by atoms with Crippen LogP contribution >= 0.6 is 0 Å². The molecule has 3 heterocycles. The number of piperazine rings is 1. The summed E-state index contributed by atoms with van der Waals surface area (Å²) in [5.74, 6) is -1.95. The van der Waals surface area contributed by atoms with Gasteiger partial charge in [0.1, 0.15) is 5.56 Å². The average molecular weight is 346 g/mol. The summed E-state index contributed by atoms with van der Waals surface area (Å²) in [5.41, 5.74) is 6.37. The molecule has 1 saturated heterocycles. The van der Waals surface area contributed by atoms with Crippen LogP contribution in [0.15, 0.2) is 11.0 Å². The van der Waals surface area contributed by atoms with Crippen LogP contribution in [0.5, 0.6) is 0 Å². The summed E-state index contributed by atoms with van der Waals surface area (Å²) in [6.07, 6.45) is 1.89. The van der Waals surface area contributed by atoms with Crippen molar-refractivity contribution in [3.8, 4) is 0 Å². The van der Waals surface area contributed by atoms with Gasteiger partial charge in [-0.1, -0.05) is 0 Å². The van der Waals surface area contributed by atoms with Crippen molar-refractivity contribution in [1.82, 2.24) is 9.88 Å². The highest BCUT2D eigenvalue weighted by molar-refractivity contribution is 6.02. The van der Waals surface area contributed by atoms with E-state index >= 15 is 4.39 Å². The van der Waals surface area contributed by atoms with Crippen molar-refractivity contribution in [3.63, 3.8) is 0 Å². The third kappa shape index (κ3) is 2.13. The molecule has 4 N–H and O–H groups in total. The number of carboxylic acid groups (broad SMARTS) is 1. The summed E-state index contributed by atoms with van der Waals surface area (Å²) < 4.78 is 16.9. The van der Waals surface area contributed by atoms with Crippen LogP contribution in [0, 0.1) is 5.82 Å². The average Bonchev–Trinajstić information content (AvgIpc) is 2.90. The van der Waals surface area contributed by atoms with Crippen LogP contribution in [-0.4, -0.2) is 41.8 Å². The topological polar surface area (TPSA) is 101 Å². The second-order valence-corrected chi connectivity index (χ2v) is 6.65. The molecular weight excluding hydrogens is 327 g/mol. The zero-order valence-electron chi connectivity index (χ0n) is 13.8. The number of pyridine rings is 1. The standard InChI is InChI=1S/C17H19FN4O3/c1-8-6-9-14-11(16(23)10(17(24)25)7-22(8)14)13(19)12(18)15(9)21-4-2-20-3-5-21/h7-8,20H,2-6,19H2,1H3,(H,24,25). The van der Waals surface area contributed by atoms with Gasteiger partial charge in [0.15, 0.2) is 5.82 Å². The van der Waals surface area contributed by atoms with Gasteiger partial charge in [0.2, 0.25) is 5.43 Å². The van der Waals surface area contributed by atoms with E-state index in [9.17, 15) is 14.7 Å². The normalized spacial score (nSPS) is 19.6. The molecule has 7 nitrogen and oxygen atoms in total. The molecule has 0 bridgehead atoms. The Morgan fingerprint density at radius 2 is 2.08 bits per heavy atom. The van der Waals surface area contributed by atoms with Crippen molar-refractivity contribution < 1.29 is 14.3 Å². The largest absolute Gasteiger partial charge is 0.477 e. The number of rotatable bonds is 2. The number of hydrogen-bond donors (Lipinski definition) is 3. The SMILES string of the molecule is CC1Cc2c(N3CCNCC3)c(F)c(N)c3c(=O)c(C(=O)O)cn1c23. The molecule has 2 aliphatic heterocycles. The predicted molar refractivity (Wildman–Crippen MR) is 93.0 cm³/mol. The monoisotopic (exact) mass is 346 g/mol. The Labute approximate surface area is 142 Å². The Hall–Kier alpha value is -2.61. The van der Waals surface area contributed by atoms with E-state index in [0.717, 1.165) is 18.7 Å². The molecule has 0 radical (unpaired) electrons. The first kappa shape index (κ1) is 15.9. The molecule has 0 saturated carbocycles. The predicted octanol–water partition coefficient (Wildman–Crippen LogP) is 0.948. The molecule has 25 heavy (non-hydrogen) atoms. The molecule has 4 rings (SSSR count). The zero-order chi connectivity index (χ0) is 17.9. The Morgan fingerprint density at radius 1 is 1.40 bits per heavy atom. The lowest BCUT2D eigenvalue weighted by molar-refractivity contribution is 0.0695. The second kappa shape index (κ2) is 5.45. The Morgan fingerprint density at radius 3 is 2.72 bits per heavy atom. The lowest BCUT2D eigenvalue weighted by atomic mass is 10.0. The summed E-state index contributed by atoms with van der Waals surface area (Å²) in [6.45, 7) is 4.72. The maximum atomic E-state index is 15.1. The summed E-state index contributed by atoms with van der Waals surface area (Å²) >= 11 is 0. The van der Waals surface area contributed by atoms with Crippen molar-refractivity contribution in [3.05, 3.63) is 33.4 Å². The number of nitrogens with zero attached hydrogens (tertiary/aromatic N) is 2.